The zero-order chi connectivity index (χ0) is 15.3. The summed E-state index contributed by atoms with van der Waals surface area (Å²) in [4.78, 5) is 11.6. The lowest BCUT2D eigenvalue weighted by molar-refractivity contribution is 0.101. The number of carbonyl (C=O) groups is 1. The normalized spacial score (nSPS) is 9.70. The van der Waals surface area contributed by atoms with Crippen molar-refractivity contribution in [1.29, 1.82) is 0 Å². The molecule has 2 heteroatoms. The lowest BCUT2D eigenvalue weighted by Crippen LogP contribution is -1.98. The van der Waals surface area contributed by atoms with Gasteiger partial charge in [-0.2, -0.15) is 0 Å². The second-order valence-corrected chi connectivity index (χ2v) is 4.93. The van der Waals surface area contributed by atoms with E-state index >= 15 is 0 Å². The molecule has 0 aliphatic heterocycles. The molecule has 1 nitrogen and oxygen atoms in total. The van der Waals surface area contributed by atoms with Crippen molar-refractivity contribution < 1.29 is 4.79 Å². The monoisotopic (exact) mass is 288 g/mol. The predicted molar refractivity (Wildman–Crippen MR) is 87.7 cm³/mol. The molecule has 0 fully saturated rings. The van der Waals surface area contributed by atoms with Gasteiger partial charge < -0.3 is 0 Å². The molecule has 2 rings (SSSR count). The fourth-order valence-electron chi connectivity index (χ4n) is 2.20. The zero-order valence-electron chi connectivity index (χ0n) is 12.8. The minimum atomic E-state index is 0.0841. The molecule has 0 unspecified atom stereocenters. The quantitative estimate of drug-likeness (QED) is 0.633. The summed E-state index contributed by atoms with van der Waals surface area (Å²) in [5, 5.41) is 0.707. The minimum Gasteiger partial charge on any atom is -0.295 e. The number of aryl methyl sites for hydroxylation is 2. The smallest absolute Gasteiger partial charge is 0.160 e. The van der Waals surface area contributed by atoms with Crippen molar-refractivity contribution in [3.05, 3.63) is 58.1 Å². The maximum Gasteiger partial charge on any atom is 0.160 e. The van der Waals surface area contributed by atoms with Crippen LogP contribution in [0, 0.1) is 13.8 Å². The van der Waals surface area contributed by atoms with Crippen molar-refractivity contribution in [2.75, 3.05) is 0 Å². The molecular weight excluding hydrogens is 268 g/mol. The average molecular weight is 289 g/mol. The van der Waals surface area contributed by atoms with Gasteiger partial charge in [-0.05, 0) is 49.6 Å². The van der Waals surface area contributed by atoms with Gasteiger partial charge >= 0.3 is 0 Å². The van der Waals surface area contributed by atoms with E-state index in [9.17, 15) is 4.79 Å². The molecule has 0 aliphatic carbocycles. The molecule has 0 saturated heterocycles. The van der Waals surface area contributed by atoms with Crippen LogP contribution in [-0.2, 0) is 0 Å². The Labute approximate surface area is 126 Å². The molecule has 0 spiro atoms. The SMILES string of the molecule is CC.CC(=O)c1cc(-c2ccccc2Cl)c(C)cc1C. The summed E-state index contributed by atoms with van der Waals surface area (Å²) in [5.74, 6) is 0.0841. The molecule has 0 heterocycles. The van der Waals surface area contributed by atoms with Crippen molar-refractivity contribution in [1.82, 2.24) is 0 Å². The van der Waals surface area contributed by atoms with E-state index in [1.807, 2.05) is 64.1 Å². The van der Waals surface area contributed by atoms with Crippen LogP contribution in [0.3, 0.4) is 0 Å². The van der Waals surface area contributed by atoms with Crippen LogP contribution in [0.15, 0.2) is 36.4 Å². The van der Waals surface area contributed by atoms with E-state index in [1.165, 1.54) is 0 Å². The second kappa shape index (κ2) is 7.25. The van der Waals surface area contributed by atoms with Gasteiger partial charge in [-0.15, -0.1) is 0 Å². The van der Waals surface area contributed by atoms with E-state index in [0.717, 1.165) is 27.8 Å². The first-order chi connectivity index (χ1) is 9.50. The maximum atomic E-state index is 11.6. The van der Waals surface area contributed by atoms with Crippen molar-refractivity contribution >= 4 is 17.4 Å². The van der Waals surface area contributed by atoms with Crippen LogP contribution in [0.4, 0.5) is 0 Å². The number of benzene rings is 2. The van der Waals surface area contributed by atoms with Gasteiger partial charge in [0.25, 0.3) is 0 Å². The van der Waals surface area contributed by atoms with Crippen LogP contribution in [0.5, 0.6) is 0 Å². The zero-order valence-corrected chi connectivity index (χ0v) is 13.5. The fraction of sp³-hybridized carbons (Fsp3) is 0.278. The summed E-state index contributed by atoms with van der Waals surface area (Å²) in [5.41, 5.74) is 4.90. The Morgan fingerprint density at radius 3 is 2.10 bits per heavy atom. The summed E-state index contributed by atoms with van der Waals surface area (Å²) < 4.78 is 0. The molecule has 0 atom stereocenters. The maximum absolute atomic E-state index is 11.6. The van der Waals surface area contributed by atoms with E-state index in [4.69, 9.17) is 11.6 Å². The van der Waals surface area contributed by atoms with E-state index in [-0.39, 0.29) is 5.78 Å². The highest BCUT2D eigenvalue weighted by Crippen LogP contribution is 2.32. The highest BCUT2D eigenvalue weighted by Gasteiger charge is 2.11. The highest BCUT2D eigenvalue weighted by atomic mass is 35.5. The number of hydrogen-bond acceptors (Lipinski definition) is 1. The molecule has 0 N–H and O–H groups in total. The Hall–Kier alpha value is -1.60. The molecule has 106 valence electrons. The number of halogens is 1. The van der Waals surface area contributed by atoms with Crippen LogP contribution in [0.1, 0.15) is 42.3 Å². The Kier molecular flexibility index (Phi) is 5.97. The van der Waals surface area contributed by atoms with Gasteiger partial charge in [-0.25, -0.2) is 0 Å². The summed E-state index contributed by atoms with van der Waals surface area (Å²) in [7, 11) is 0. The van der Waals surface area contributed by atoms with Crippen molar-refractivity contribution in [3.63, 3.8) is 0 Å². The van der Waals surface area contributed by atoms with Gasteiger partial charge in [0.05, 0.1) is 0 Å². The van der Waals surface area contributed by atoms with E-state index in [1.54, 1.807) is 6.92 Å². The van der Waals surface area contributed by atoms with E-state index < -0.39 is 0 Å². The molecule has 0 amide bonds. The minimum absolute atomic E-state index is 0.0841. The molecule has 0 aliphatic rings. The third-order valence-corrected chi connectivity index (χ3v) is 3.44. The summed E-state index contributed by atoms with van der Waals surface area (Å²) in [6.45, 7) is 9.59. The van der Waals surface area contributed by atoms with Crippen molar-refractivity contribution in [3.8, 4) is 11.1 Å². The summed E-state index contributed by atoms with van der Waals surface area (Å²) >= 11 is 6.22. The largest absolute Gasteiger partial charge is 0.295 e. The van der Waals surface area contributed by atoms with Crippen LogP contribution >= 0.6 is 11.6 Å². The fourth-order valence-corrected chi connectivity index (χ4v) is 2.44. The van der Waals surface area contributed by atoms with Gasteiger partial charge in [-0.3, -0.25) is 4.79 Å². The first-order valence-corrected chi connectivity index (χ1v) is 7.25. The summed E-state index contributed by atoms with van der Waals surface area (Å²) in [6.07, 6.45) is 0. The molecule has 0 saturated carbocycles. The lowest BCUT2D eigenvalue weighted by atomic mass is 9.93. The standard InChI is InChI=1S/C16H15ClO.C2H6/c1-10-8-11(2)15(9-14(10)12(3)18)13-6-4-5-7-16(13)17;1-2/h4-9H,1-3H3;1-2H3. The molecule has 0 radical (unpaired) electrons. The number of ketones is 1. The Balaban J connectivity index is 0.000000956. The molecule has 2 aromatic rings. The van der Waals surface area contributed by atoms with Crippen LogP contribution < -0.4 is 0 Å². The van der Waals surface area contributed by atoms with Gasteiger partial charge in [0.1, 0.15) is 0 Å². The topological polar surface area (TPSA) is 17.1 Å². The van der Waals surface area contributed by atoms with Gasteiger partial charge in [0, 0.05) is 16.1 Å². The van der Waals surface area contributed by atoms with Crippen LogP contribution in [-0.4, -0.2) is 5.78 Å². The number of rotatable bonds is 2. The van der Waals surface area contributed by atoms with Gasteiger partial charge in [-0.1, -0.05) is 49.7 Å². The van der Waals surface area contributed by atoms with Gasteiger partial charge in [0.2, 0.25) is 0 Å². The Morgan fingerprint density at radius 1 is 0.950 bits per heavy atom. The molecule has 2 aromatic carbocycles. The molecule has 0 aromatic heterocycles. The third-order valence-electron chi connectivity index (χ3n) is 3.11. The first-order valence-electron chi connectivity index (χ1n) is 6.88. The van der Waals surface area contributed by atoms with Crippen molar-refractivity contribution in [2.45, 2.75) is 34.6 Å². The third kappa shape index (κ3) is 3.49. The van der Waals surface area contributed by atoms with Crippen LogP contribution in [0.2, 0.25) is 5.02 Å². The number of carbonyl (C=O) groups excluding carboxylic acids is 1. The highest BCUT2D eigenvalue weighted by molar-refractivity contribution is 6.33. The van der Waals surface area contributed by atoms with Gasteiger partial charge in [0.15, 0.2) is 5.78 Å². The van der Waals surface area contributed by atoms with E-state index in [0.29, 0.717) is 5.02 Å². The molecular formula is C18H21ClO. The Morgan fingerprint density at radius 2 is 1.55 bits per heavy atom. The number of hydrogen-bond donors (Lipinski definition) is 0. The predicted octanol–water partition coefficient (Wildman–Crippen LogP) is 5.85. The Bertz CT molecular complexity index is 615. The number of Topliss-reactive ketones (excluding diaryl/α,β-unsaturated/α-hetero) is 1. The average Bonchev–Trinajstić information content (AvgIpc) is 2.42. The lowest BCUT2D eigenvalue weighted by Gasteiger charge is -2.12. The van der Waals surface area contributed by atoms with E-state index in [2.05, 4.69) is 0 Å². The van der Waals surface area contributed by atoms with Crippen LogP contribution in [0.25, 0.3) is 11.1 Å². The molecule has 0 bridgehead atoms. The molecule has 20 heavy (non-hydrogen) atoms. The first kappa shape index (κ1) is 16.5. The second-order valence-electron chi connectivity index (χ2n) is 4.52. The van der Waals surface area contributed by atoms with Crippen molar-refractivity contribution in [2.24, 2.45) is 0 Å². The summed E-state index contributed by atoms with van der Waals surface area (Å²) in [6, 6.07) is 11.7.